The van der Waals surface area contributed by atoms with E-state index < -0.39 is 11.8 Å². The van der Waals surface area contributed by atoms with E-state index in [1.807, 2.05) is 12.1 Å². The lowest BCUT2D eigenvalue weighted by Gasteiger charge is -2.13. The molecule has 0 bridgehead atoms. The first-order valence-corrected chi connectivity index (χ1v) is 10.5. The number of hydrogen-bond donors (Lipinski definition) is 1. The number of aromatic nitrogens is 1. The number of thioether (sulfide) groups is 1. The molecule has 1 amide bonds. The molecule has 1 N–H and O–H groups in total. The van der Waals surface area contributed by atoms with E-state index in [9.17, 15) is 9.59 Å². The summed E-state index contributed by atoms with van der Waals surface area (Å²) in [6.07, 6.45) is 0. The van der Waals surface area contributed by atoms with Crippen LogP contribution in [0.3, 0.4) is 0 Å². The maximum atomic E-state index is 12.3. The Morgan fingerprint density at radius 2 is 2.16 bits per heavy atom. The van der Waals surface area contributed by atoms with Crippen molar-refractivity contribution in [2.24, 2.45) is 0 Å². The molecule has 1 unspecified atom stereocenters. The van der Waals surface area contributed by atoms with Crippen molar-refractivity contribution in [3.63, 3.8) is 0 Å². The number of amides is 1. The molecule has 0 aliphatic heterocycles. The minimum Gasteiger partial charge on any atom is -0.408 e. The number of halogens is 1. The van der Waals surface area contributed by atoms with Crippen LogP contribution in [-0.2, 0) is 10.5 Å². The summed E-state index contributed by atoms with van der Waals surface area (Å²) in [6.45, 7) is 2.26. The van der Waals surface area contributed by atoms with Crippen LogP contribution in [0, 0.1) is 0 Å². The van der Waals surface area contributed by atoms with Crippen molar-refractivity contribution in [3.8, 4) is 0 Å². The number of nitrogens with zero attached hydrogens (tertiary/aromatic N) is 1. The van der Waals surface area contributed by atoms with Crippen LogP contribution in [0.1, 0.15) is 17.8 Å². The molecule has 0 saturated carbocycles. The lowest BCUT2D eigenvalue weighted by Crippen LogP contribution is -2.35. The number of carbonyl (C=O) groups excluding carboxylic acids is 1. The maximum Gasteiger partial charge on any atom is 0.420 e. The SMILES string of the molecule is CC(C(=O)NCCSCc1ccc(Br)s1)n1c(=O)oc2ccccc21. The van der Waals surface area contributed by atoms with Gasteiger partial charge in [-0.2, -0.15) is 11.8 Å². The second-order valence-electron chi connectivity index (χ2n) is 5.43. The van der Waals surface area contributed by atoms with Crippen LogP contribution >= 0.6 is 39.0 Å². The first kappa shape index (κ1) is 18.3. The summed E-state index contributed by atoms with van der Waals surface area (Å²) in [7, 11) is 0. The van der Waals surface area contributed by atoms with Crippen LogP contribution in [0.5, 0.6) is 0 Å². The summed E-state index contributed by atoms with van der Waals surface area (Å²) in [5, 5.41) is 2.89. The molecule has 1 atom stereocenters. The van der Waals surface area contributed by atoms with Crippen LogP contribution in [0.4, 0.5) is 0 Å². The van der Waals surface area contributed by atoms with Crippen LogP contribution < -0.4 is 11.1 Å². The lowest BCUT2D eigenvalue weighted by molar-refractivity contribution is -0.123. The summed E-state index contributed by atoms with van der Waals surface area (Å²) in [5.74, 6) is 1.04. The summed E-state index contributed by atoms with van der Waals surface area (Å²) in [6, 6.07) is 10.6. The fourth-order valence-electron chi connectivity index (χ4n) is 2.46. The Bertz CT molecular complexity index is 931. The maximum absolute atomic E-state index is 12.3. The van der Waals surface area contributed by atoms with E-state index in [2.05, 4.69) is 27.3 Å². The average Bonchev–Trinajstić information content (AvgIpc) is 3.15. The quantitative estimate of drug-likeness (QED) is 0.563. The van der Waals surface area contributed by atoms with Crippen molar-refractivity contribution in [1.82, 2.24) is 9.88 Å². The van der Waals surface area contributed by atoms with Crippen molar-refractivity contribution >= 4 is 56.0 Å². The number of carbonyl (C=O) groups is 1. The van der Waals surface area contributed by atoms with Crippen molar-refractivity contribution in [2.45, 2.75) is 18.7 Å². The fourth-order valence-corrected chi connectivity index (χ4v) is 4.92. The van der Waals surface area contributed by atoms with E-state index in [-0.39, 0.29) is 5.91 Å². The van der Waals surface area contributed by atoms with Gasteiger partial charge in [0.2, 0.25) is 5.91 Å². The zero-order valence-electron chi connectivity index (χ0n) is 13.5. The smallest absolute Gasteiger partial charge is 0.408 e. The monoisotopic (exact) mass is 440 g/mol. The third kappa shape index (κ3) is 4.37. The molecule has 1 aromatic carbocycles. The third-order valence-corrected chi connectivity index (χ3v) is 6.52. The number of oxazole rings is 1. The Morgan fingerprint density at radius 3 is 2.92 bits per heavy atom. The van der Waals surface area contributed by atoms with Crippen LogP contribution in [-0.4, -0.2) is 22.8 Å². The minimum atomic E-state index is -0.616. The summed E-state index contributed by atoms with van der Waals surface area (Å²) in [4.78, 5) is 25.7. The van der Waals surface area contributed by atoms with E-state index in [0.717, 1.165) is 15.3 Å². The van der Waals surface area contributed by atoms with Crippen LogP contribution in [0.2, 0.25) is 0 Å². The van der Waals surface area contributed by atoms with Gasteiger partial charge in [-0.3, -0.25) is 9.36 Å². The molecule has 3 rings (SSSR count). The van der Waals surface area contributed by atoms with Gasteiger partial charge in [0.05, 0.1) is 9.30 Å². The largest absolute Gasteiger partial charge is 0.420 e. The molecule has 0 spiro atoms. The molecule has 0 radical (unpaired) electrons. The zero-order chi connectivity index (χ0) is 17.8. The molecular weight excluding hydrogens is 424 g/mol. The van der Waals surface area contributed by atoms with E-state index >= 15 is 0 Å². The van der Waals surface area contributed by atoms with Crippen molar-refractivity contribution < 1.29 is 9.21 Å². The first-order chi connectivity index (χ1) is 12.1. The molecule has 2 heterocycles. The van der Waals surface area contributed by atoms with Crippen molar-refractivity contribution in [3.05, 3.63) is 55.6 Å². The van der Waals surface area contributed by atoms with E-state index in [4.69, 9.17) is 4.42 Å². The standard InChI is InChI=1S/C17H17BrN2O3S2/c1-11(20-13-4-2-3-5-14(13)23-17(20)22)16(21)19-8-9-24-10-12-6-7-15(18)25-12/h2-7,11H,8-10H2,1H3,(H,19,21). The number of hydrogen-bond acceptors (Lipinski definition) is 5. The van der Waals surface area contributed by atoms with Gasteiger partial charge in [0.1, 0.15) is 6.04 Å². The molecule has 0 aliphatic carbocycles. The molecule has 0 fully saturated rings. The molecule has 3 aromatic rings. The molecule has 132 valence electrons. The number of fused-ring (bicyclic) bond motifs is 1. The predicted molar refractivity (Wildman–Crippen MR) is 106 cm³/mol. The minimum absolute atomic E-state index is 0.187. The van der Waals surface area contributed by atoms with Gasteiger partial charge in [-0.05, 0) is 47.1 Å². The average molecular weight is 441 g/mol. The lowest BCUT2D eigenvalue weighted by atomic mass is 10.2. The highest BCUT2D eigenvalue weighted by Crippen LogP contribution is 2.25. The van der Waals surface area contributed by atoms with Gasteiger partial charge in [0.25, 0.3) is 0 Å². The van der Waals surface area contributed by atoms with Crippen LogP contribution in [0.15, 0.2) is 49.4 Å². The van der Waals surface area contributed by atoms with E-state index in [1.54, 1.807) is 48.2 Å². The van der Waals surface area contributed by atoms with Gasteiger partial charge in [-0.1, -0.05) is 12.1 Å². The topological polar surface area (TPSA) is 64.2 Å². The predicted octanol–water partition coefficient (Wildman–Crippen LogP) is 4.03. The zero-order valence-corrected chi connectivity index (χ0v) is 16.7. The van der Waals surface area contributed by atoms with Crippen LogP contribution in [0.25, 0.3) is 11.1 Å². The molecule has 0 aliphatic rings. The molecule has 25 heavy (non-hydrogen) atoms. The fraction of sp³-hybridized carbons (Fsp3) is 0.294. The van der Waals surface area contributed by atoms with Gasteiger partial charge in [-0.25, -0.2) is 4.79 Å². The Balaban J connectivity index is 1.52. The highest BCUT2D eigenvalue weighted by atomic mass is 79.9. The second kappa shape index (κ2) is 8.25. The Hall–Kier alpha value is -1.51. The molecule has 2 aromatic heterocycles. The van der Waals surface area contributed by atoms with Gasteiger partial charge < -0.3 is 9.73 Å². The van der Waals surface area contributed by atoms with E-state index in [0.29, 0.717) is 17.6 Å². The third-order valence-electron chi connectivity index (χ3n) is 3.70. The van der Waals surface area contributed by atoms with Gasteiger partial charge in [0, 0.05) is 22.9 Å². The number of thiophene rings is 1. The Kier molecular flexibility index (Phi) is 6.03. The number of para-hydroxylation sites is 2. The summed E-state index contributed by atoms with van der Waals surface area (Å²) < 4.78 is 7.70. The highest BCUT2D eigenvalue weighted by molar-refractivity contribution is 9.11. The van der Waals surface area contributed by atoms with Gasteiger partial charge >= 0.3 is 5.76 Å². The highest BCUT2D eigenvalue weighted by Gasteiger charge is 2.20. The van der Waals surface area contributed by atoms with Gasteiger partial charge in [0.15, 0.2) is 5.58 Å². The number of nitrogens with one attached hydrogen (secondary N) is 1. The Morgan fingerprint density at radius 1 is 1.36 bits per heavy atom. The number of rotatable bonds is 7. The number of benzene rings is 1. The van der Waals surface area contributed by atoms with Crippen molar-refractivity contribution in [1.29, 1.82) is 0 Å². The second-order valence-corrected chi connectivity index (χ2v) is 9.08. The molecule has 5 nitrogen and oxygen atoms in total. The molecule has 0 saturated heterocycles. The van der Waals surface area contributed by atoms with E-state index in [1.165, 1.54) is 9.44 Å². The van der Waals surface area contributed by atoms with Gasteiger partial charge in [-0.15, -0.1) is 11.3 Å². The molecular formula is C17H17BrN2O3S2. The molecule has 8 heteroatoms. The van der Waals surface area contributed by atoms with Crippen molar-refractivity contribution in [2.75, 3.05) is 12.3 Å². The first-order valence-electron chi connectivity index (χ1n) is 7.76. The summed E-state index contributed by atoms with van der Waals surface area (Å²) >= 11 is 6.93. The summed E-state index contributed by atoms with van der Waals surface area (Å²) in [5.41, 5.74) is 1.12. The Labute approximate surface area is 161 Å². The normalized spacial score (nSPS) is 12.4.